The molecule has 0 N–H and O–H groups in total. The first-order valence-corrected chi connectivity index (χ1v) is 11.0. The number of methoxy groups -OCH3 is 1. The fraction of sp³-hybridized carbons (Fsp3) is 0.227. The molecule has 2 amide bonds. The van der Waals surface area contributed by atoms with E-state index in [1.165, 1.54) is 7.11 Å². The number of carbonyl (C=O) groups is 3. The summed E-state index contributed by atoms with van der Waals surface area (Å²) in [6, 6.07) is 13.2. The quantitative estimate of drug-likeness (QED) is 0.381. The van der Waals surface area contributed by atoms with Gasteiger partial charge in [0.1, 0.15) is 13.2 Å². The van der Waals surface area contributed by atoms with E-state index in [1.54, 1.807) is 25.1 Å². The Labute approximate surface area is 192 Å². The number of benzene rings is 2. The van der Waals surface area contributed by atoms with Crippen molar-refractivity contribution < 1.29 is 28.6 Å². The average molecular weight is 506 g/mol. The lowest BCUT2D eigenvalue weighted by molar-refractivity contribution is -0.145. The summed E-state index contributed by atoms with van der Waals surface area (Å²) in [7, 11) is 1.52. The molecule has 3 rings (SSSR count). The molecule has 1 saturated heterocycles. The van der Waals surface area contributed by atoms with Crippen LogP contribution in [0.25, 0.3) is 6.08 Å². The van der Waals surface area contributed by atoms with Crippen LogP contribution in [0.2, 0.25) is 0 Å². The Morgan fingerprint density at radius 2 is 1.94 bits per heavy atom. The number of carbonyl (C=O) groups excluding carboxylic acids is 3. The van der Waals surface area contributed by atoms with Crippen molar-refractivity contribution in [3.05, 3.63) is 63.0 Å². The van der Waals surface area contributed by atoms with Crippen LogP contribution in [-0.4, -0.2) is 42.3 Å². The lowest BCUT2D eigenvalue weighted by Crippen LogP contribution is -2.34. The van der Waals surface area contributed by atoms with Crippen LogP contribution >= 0.6 is 27.7 Å². The van der Waals surface area contributed by atoms with Crippen molar-refractivity contribution in [2.75, 3.05) is 20.3 Å². The molecule has 2 aromatic rings. The van der Waals surface area contributed by atoms with Crippen LogP contribution in [-0.2, 0) is 20.9 Å². The zero-order valence-corrected chi connectivity index (χ0v) is 19.3. The number of rotatable bonds is 8. The molecule has 0 spiro atoms. The highest BCUT2D eigenvalue weighted by Gasteiger charge is 2.36. The zero-order chi connectivity index (χ0) is 22.4. The highest BCUT2D eigenvalue weighted by atomic mass is 79.9. The van der Waals surface area contributed by atoms with Gasteiger partial charge in [0, 0.05) is 0 Å². The van der Waals surface area contributed by atoms with Crippen LogP contribution < -0.4 is 9.47 Å². The Balaban J connectivity index is 1.79. The topological polar surface area (TPSA) is 82.1 Å². The lowest BCUT2D eigenvalue weighted by Gasteiger charge is -2.14. The van der Waals surface area contributed by atoms with Crippen molar-refractivity contribution >= 4 is 50.9 Å². The smallest absolute Gasteiger partial charge is 0.326 e. The first-order valence-electron chi connectivity index (χ1n) is 9.38. The third-order valence-corrected chi connectivity index (χ3v) is 5.74. The van der Waals surface area contributed by atoms with Crippen molar-refractivity contribution in [1.29, 1.82) is 0 Å². The predicted molar refractivity (Wildman–Crippen MR) is 121 cm³/mol. The van der Waals surface area contributed by atoms with Gasteiger partial charge < -0.3 is 14.2 Å². The number of amides is 2. The van der Waals surface area contributed by atoms with E-state index < -0.39 is 23.7 Å². The van der Waals surface area contributed by atoms with Crippen molar-refractivity contribution in [3.63, 3.8) is 0 Å². The lowest BCUT2D eigenvalue weighted by atomic mass is 10.1. The maximum Gasteiger partial charge on any atom is 0.326 e. The van der Waals surface area contributed by atoms with E-state index in [1.807, 2.05) is 30.3 Å². The van der Waals surface area contributed by atoms with E-state index >= 15 is 0 Å². The average Bonchev–Trinajstić information content (AvgIpc) is 3.00. The molecule has 31 heavy (non-hydrogen) atoms. The molecule has 162 valence electrons. The van der Waals surface area contributed by atoms with Crippen LogP contribution in [0.1, 0.15) is 18.1 Å². The van der Waals surface area contributed by atoms with Gasteiger partial charge in [0.15, 0.2) is 11.5 Å². The summed E-state index contributed by atoms with van der Waals surface area (Å²) >= 11 is 4.26. The fourth-order valence-corrected chi connectivity index (χ4v) is 4.23. The second-order valence-corrected chi connectivity index (χ2v) is 8.23. The Hall–Kier alpha value is -2.78. The molecule has 0 unspecified atom stereocenters. The molecule has 0 atom stereocenters. The third-order valence-electron chi connectivity index (χ3n) is 4.24. The van der Waals surface area contributed by atoms with Gasteiger partial charge in [-0.05, 0) is 64.0 Å². The number of imide groups is 1. The molecule has 7 nitrogen and oxygen atoms in total. The van der Waals surface area contributed by atoms with Gasteiger partial charge in [0.2, 0.25) is 0 Å². The highest BCUT2D eigenvalue weighted by Crippen LogP contribution is 2.39. The monoisotopic (exact) mass is 505 g/mol. The Kier molecular flexibility index (Phi) is 7.75. The first-order chi connectivity index (χ1) is 14.9. The fourth-order valence-electron chi connectivity index (χ4n) is 2.82. The third kappa shape index (κ3) is 5.68. The van der Waals surface area contributed by atoms with Crippen LogP contribution in [0.15, 0.2) is 51.8 Å². The number of nitrogens with zero attached hydrogens (tertiary/aromatic N) is 1. The molecule has 0 aliphatic carbocycles. The summed E-state index contributed by atoms with van der Waals surface area (Å²) in [6.45, 7) is 1.79. The number of halogens is 1. The van der Waals surface area contributed by atoms with Crippen molar-refractivity contribution in [1.82, 2.24) is 4.90 Å². The maximum atomic E-state index is 12.6. The Morgan fingerprint density at radius 3 is 2.61 bits per heavy atom. The molecule has 1 aliphatic rings. The summed E-state index contributed by atoms with van der Waals surface area (Å²) in [5, 5.41) is -0.516. The van der Waals surface area contributed by atoms with E-state index in [0.29, 0.717) is 28.1 Å². The summed E-state index contributed by atoms with van der Waals surface area (Å²) in [4.78, 5) is 37.5. The molecule has 0 saturated carbocycles. The van der Waals surface area contributed by atoms with Crippen LogP contribution in [0.5, 0.6) is 11.5 Å². The van der Waals surface area contributed by atoms with Gasteiger partial charge in [-0.25, -0.2) is 0 Å². The highest BCUT2D eigenvalue weighted by molar-refractivity contribution is 9.10. The molecular weight excluding hydrogens is 486 g/mol. The van der Waals surface area contributed by atoms with E-state index in [-0.39, 0.29) is 11.5 Å². The molecule has 9 heteroatoms. The minimum Gasteiger partial charge on any atom is -0.493 e. The first kappa shape index (κ1) is 22.9. The summed E-state index contributed by atoms with van der Waals surface area (Å²) in [5.41, 5.74) is 1.65. The number of esters is 1. The molecule has 1 fully saturated rings. The van der Waals surface area contributed by atoms with E-state index in [0.717, 1.165) is 22.2 Å². The van der Waals surface area contributed by atoms with Gasteiger partial charge in [0.25, 0.3) is 11.1 Å². The summed E-state index contributed by atoms with van der Waals surface area (Å²) in [5.74, 6) is -0.167. The van der Waals surface area contributed by atoms with Gasteiger partial charge in [-0.15, -0.1) is 0 Å². The number of hydrogen-bond acceptors (Lipinski definition) is 7. The van der Waals surface area contributed by atoms with Gasteiger partial charge in [0.05, 0.1) is 23.1 Å². The number of thioether (sulfide) groups is 1. The molecule has 0 aromatic heterocycles. The second-order valence-electron chi connectivity index (χ2n) is 6.38. The minimum absolute atomic E-state index is 0.178. The van der Waals surface area contributed by atoms with Crippen LogP contribution in [0, 0.1) is 0 Å². The van der Waals surface area contributed by atoms with E-state index in [9.17, 15) is 14.4 Å². The molecule has 2 aromatic carbocycles. The second kappa shape index (κ2) is 10.5. The van der Waals surface area contributed by atoms with Gasteiger partial charge >= 0.3 is 5.97 Å². The van der Waals surface area contributed by atoms with Crippen molar-refractivity contribution in [2.24, 2.45) is 0 Å². The summed E-state index contributed by atoms with van der Waals surface area (Å²) in [6.07, 6.45) is 1.57. The van der Waals surface area contributed by atoms with E-state index in [4.69, 9.17) is 14.2 Å². The zero-order valence-electron chi connectivity index (χ0n) is 16.9. The SMILES string of the molecule is CCOC(=O)CN1C(=O)S/C(=C\c2cc(Br)c(OCc3ccccc3)c(OC)c2)C1=O. The molecule has 0 bridgehead atoms. The van der Waals surface area contributed by atoms with Crippen molar-refractivity contribution in [2.45, 2.75) is 13.5 Å². The van der Waals surface area contributed by atoms with E-state index in [2.05, 4.69) is 15.9 Å². The molecule has 0 radical (unpaired) electrons. The number of ether oxygens (including phenoxy) is 3. The molecular formula is C22H20BrNO6S. The van der Waals surface area contributed by atoms with Crippen molar-refractivity contribution in [3.8, 4) is 11.5 Å². The normalized spacial score (nSPS) is 14.8. The van der Waals surface area contributed by atoms with Gasteiger partial charge in [-0.1, -0.05) is 30.3 Å². The Bertz CT molecular complexity index is 1020. The standard InChI is InChI=1S/C22H20BrNO6S/c1-3-29-19(25)12-24-21(26)18(31-22(24)27)11-15-9-16(23)20(17(10-15)28-2)30-13-14-7-5-4-6-8-14/h4-11H,3,12-13H2,1-2H3/b18-11-. The Morgan fingerprint density at radius 1 is 1.19 bits per heavy atom. The predicted octanol–water partition coefficient (Wildman–Crippen LogP) is 4.64. The molecule has 1 heterocycles. The maximum absolute atomic E-state index is 12.6. The molecule has 1 aliphatic heterocycles. The summed E-state index contributed by atoms with van der Waals surface area (Å²) < 4.78 is 16.8. The largest absolute Gasteiger partial charge is 0.493 e. The van der Waals surface area contributed by atoms with Gasteiger partial charge in [-0.3, -0.25) is 19.3 Å². The minimum atomic E-state index is -0.629. The van der Waals surface area contributed by atoms with Gasteiger partial charge in [-0.2, -0.15) is 0 Å². The number of hydrogen-bond donors (Lipinski definition) is 0. The van der Waals surface area contributed by atoms with Crippen LogP contribution in [0.4, 0.5) is 4.79 Å². The van der Waals surface area contributed by atoms with Crippen LogP contribution in [0.3, 0.4) is 0 Å².